The standard InChI is InChI=1S/C5H14N2.2C3H8.CH4/c1-6(2)5-7(3)4;2*1-3-2;/h5H2,1-4H3;2*3H2,1-2H3;1H4. The second kappa shape index (κ2) is 23.1. The Morgan fingerprint density at radius 2 is 0.786 bits per heavy atom. The van der Waals surface area contributed by atoms with E-state index >= 15 is 0 Å². The maximum absolute atomic E-state index is 2.12. The molecule has 0 aliphatic carbocycles. The molecule has 14 heavy (non-hydrogen) atoms. The van der Waals surface area contributed by atoms with Gasteiger partial charge in [0.25, 0.3) is 0 Å². The van der Waals surface area contributed by atoms with Crippen LogP contribution in [0.2, 0.25) is 0 Å². The lowest BCUT2D eigenvalue weighted by molar-refractivity contribution is 0.245. The van der Waals surface area contributed by atoms with Crippen LogP contribution in [-0.4, -0.2) is 44.7 Å². The molecular formula is C12H34N2. The van der Waals surface area contributed by atoms with E-state index < -0.39 is 0 Å². The number of rotatable bonds is 2. The van der Waals surface area contributed by atoms with E-state index in [1.807, 2.05) is 0 Å². The fourth-order valence-electron chi connectivity index (χ4n) is 0.566. The van der Waals surface area contributed by atoms with Crippen LogP contribution in [0, 0.1) is 0 Å². The van der Waals surface area contributed by atoms with Gasteiger partial charge in [-0.05, 0) is 28.2 Å². The molecule has 0 aromatic rings. The second-order valence-electron chi connectivity index (χ2n) is 3.71. The summed E-state index contributed by atoms with van der Waals surface area (Å²) in [4.78, 5) is 4.25. The molecule has 2 heteroatoms. The summed E-state index contributed by atoms with van der Waals surface area (Å²) in [6, 6.07) is 0. The van der Waals surface area contributed by atoms with Crippen molar-refractivity contribution in [3.05, 3.63) is 0 Å². The van der Waals surface area contributed by atoms with E-state index in [9.17, 15) is 0 Å². The molecule has 0 rings (SSSR count). The Balaban J connectivity index is -0.0000000610. The minimum absolute atomic E-state index is 0. The van der Waals surface area contributed by atoms with Crippen LogP contribution in [0.1, 0.15) is 48.0 Å². The predicted octanol–water partition coefficient (Wildman–Crippen LogP) is 3.54. The van der Waals surface area contributed by atoms with E-state index in [1.165, 1.54) is 12.8 Å². The Labute approximate surface area is 93.3 Å². The summed E-state index contributed by atoms with van der Waals surface area (Å²) >= 11 is 0. The molecule has 0 atom stereocenters. The van der Waals surface area contributed by atoms with Crippen LogP contribution in [0.3, 0.4) is 0 Å². The van der Waals surface area contributed by atoms with E-state index in [2.05, 4.69) is 65.7 Å². The van der Waals surface area contributed by atoms with Gasteiger partial charge < -0.3 is 0 Å². The first kappa shape index (κ1) is 23.6. The molecule has 0 N–H and O–H groups in total. The van der Waals surface area contributed by atoms with Crippen LogP contribution in [0.25, 0.3) is 0 Å². The molecule has 2 nitrogen and oxygen atoms in total. The topological polar surface area (TPSA) is 6.48 Å². The van der Waals surface area contributed by atoms with Gasteiger partial charge in [-0.3, -0.25) is 9.80 Å². The fraction of sp³-hybridized carbons (Fsp3) is 1.00. The third kappa shape index (κ3) is 92.5. The van der Waals surface area contributed by atoms with Gasteiger partial charge in [-0.1, -0.05) is 48.0 Å². The van der Waals surface area contributed by atoms with Crippen molar-refractivity contribution in [2.75, 3.05) is 34.9 Å². The highest BCUT2D eigenvalue weighted by atomic mass is 15.2. The van der Waals surface area contributed by atoms with Gasteiger partial charge in [-0.25, -0.2) is 0 Å². The van der Waals surface area contributed by atoms with Crippen LogP contribution in [0.15, 0.2) is 0 Å². The Morgan fingerprint density at radius 3 is 0.786 bits per heavy atom. The first-order valence-corrected chi connectivity index (χ1v) is 5.25. The van der Waals surface area contributed by atoms with Crippen LogP contribution >= 0.6 is 0 Å². The highest BCUT2D eigenvalue weighted by molar-refractivity contribution is 4.35. The van der Waals surface area contributed by atoms with Gasteiger partial charge in [0, 0.05) is 6.67 Å². The second-order valence-corrected chi connectivity index (χ2v) is 3.71. The lowest BCUT2D eigenvalue weighted by Crippen LogP contribution is -2.26. The van der Waals surface area contributed by atoms with Crippen LogP contribution < -0.4 is 0 Å². The Morgan fingerprint density at radius 1 is 0.643 bits per heavy atom. The zero-order valence-corrected chi connectivity index (χ0v) is 11.0. The summed E-state index contributed by atoms with van der Waals surface area (Å²) in [6.45, 7) is 9.53. The van der Waals surface area contributed by atoms with Gasteiger partial charge in [-0.2, -0.15) is 0 Å². The van der Waals surface area contributed by atoms with Gasteiger partial charge in [0.1, 0.15) is 0 Å². The molecule has 0 aliphatic rings. The Bertz CT molecular complexity index is 53.3. The quantitative estimate of drug-likeness (QED) is 0.638. The highest BCUT2D eigenvalue weighted by Crippen LogP contribution is 1.74. The molecule has 0 unspecified atom stereocenters. The summed E-state index contributed by atoms with van der Waals surface area (Å²) in [5.41, 5.74) is 0. The van der Waals surface area contributed by atoms with Crippen molar-refractivity contribution < 1.29 is 0 Å². The van der Waals surface area contributed by atoms with E-state index in [-0.39, 0.29) is 7.43 Å². The largest absolute Gasteiger partial charge is 0.297 e. The molecule has 0 saturated heterocycles. The highest BCUT2D eigenvalue weighted by Gasteiger charge is 1.87. The van der Waals surface area contributed by atoms with Crippen LogP contribution in [0.4, 0.5) is 0 Å². The summed E-state index contributed by atoms with van der Waals surface area (Å²) in [5, 5.41) is 0. The van der Waals surface area contributed by atoms with E-state index in [0.29, 0.717) is 0 Å². The maximum atomic E-state index is 2.12. The van der Waals surface area contributed by atoms with Gasteiger partial charge in [-0.15, -0.1) is 0 Å². The van der Waals surface area contributed by atoms with Crippen LogP contribution in [-0.2, 0) is 0 Å². The molecular weight excluding hydrogens is 172 g/mol. The molecule has 0 aromatic carbocycles. The summed E-state index contributed by atoms with van der Waals surface area (Å²) in [7, 11) is 8.22. The van der Waals surface area contributed by atoms with Crippen molar-refractivity contribution in [2.24, 2.45) is 0 Å². The van der Waals surface area contributed by atoms with Crippen molar-refractivity contribution in [1.82, 2.24) is 9.80 Å². The maximum Gasteiger partial charge on any atom is 0.0495 e. The normalized spacial score (nSPS) is 8.14. The zero-order chi connectivity index (χ0) is 11.3. The predicted molar refractivity (Wildman–Crippen MR) is 70.9 cm³/mol. The third-order valence-corrected chi connectivity index (χ3v) is 0.566. The molecule has 0 bridgehead atoms. The number of hydrogen-bond donors (Lipinski definition) is 0. The van der Waals surface area contributed by atoms with Gasteiger partial charge in [0.15, 0.2) is 0 Å². The molecule has 0 aliphatic heterocycles. The molecule has 0 radical (unpaired) electrons. The van der Waals surface area contributed by atoms with E-state index in [1.54, 1.807) is 0 Å². The zero-order valence-electron chi connectivity index (χ0n) is 11.0. The van der Waals surface area contributed by atoms with Crippen molar-refractivity contribution in [3.8, 4) is 0 Å². The van der Waals surface area contributed by atoms with Gasteiger partial charge >= 0.3 is 0 Å². The SMILES string of the molecule is C.CCC.CCC.CN(C)CN(C)C. The third-order valence-electron chi connectivity index (χ3n) is 0.566. The van der Waals surface area contributed by atoms with E-state index in [0.717, 1.165) is 6.67 Å². The lowest BCUT2D eigenvalue weighted by atomic mass is 10.6. The van der Waals surface area contributed by atoms with Crippen molar-refractivity contribution in [1.29, 1.82) is 0 Å². The minimum Gasteiger partial charge on any atom is -0.297 e. The monoisotopic (exact) mass is 206 g/mol. The van der Waals surface area contributed by atoms with Crippen molar-refractivity contribution in [2.45, 2.75) is 48.0 Å². The molecule has 92 valence electrons. The smallest absolute Gasteiger partial charge is 0.0495 e. The van der Waals surface area contributed by atoms with Gasteiger partial charge in [0.05, 0.1) is 0 Å². The molecule has 0 fully saturated rings. The summed E-state index contributed by atoms with van der Waals surface area (Å²) < 4.78 is 0. The first-order chi connectivity index (χ1) is 5.95. The Hall–Kier alpha value is -0.0800. The number of nitrogens with zero attached hydrogens (tertiary/aromatic N) is 2. The Kier molecular flexibility index (Phi) is 38.9. The molecule has 0 amide bonds. The van der Waals surface area contributed by atoms with Crippen LogP contribution in [0.5, 0.6) is 0 Å². The molecule has 0 heterocycles. The molecule has 0 spiro atoms. The van der Waals surface area contributed by atoms with Gasteiger partial charge in [0.2, 0.25) is 0 Å². The van der Waals surface area contributed by atoms with E-state index in [4.69, 9.17) is 0 Å². The fourth-order valence-corrected chi connectivity index (χ4v) is 0.566. The lowest BCUT2D eigenvalue weighted by Gasteiger charge is -2.14. The average molecular weight is 206 g/mol. The molecule has 0 saturated carbocycles. The molecule has 0 aromatic heterocycles. The summed E-state index contributed by atoms with van der Waals surface area (Å²) in [6.07, 6.45) is 2.50. The van der Waals surface area contributed by atoms with Crippen molar-refractivity contribution >= 4 is 0 Å². The van der Waals surface area contributed by atoms with Crippen molar-refractivity contribution in [3.63, 3.8) is 0 Å². The summed E-state index contributed by atoms with van der Waals surface area (Å²) in [5.74, 6) is 0. The number of hydrogen-bond acceptors (Lipinski definition) is 2. The average Bonchev–Trinajstić information content (AvgIpc) is 1.86. The first-order valence-electron chi connectivity index (χ1n) is 5.25. The minimum atomic E-state index is 0.